The van der Waals surface area contributed by atoms with Crippen molar-refractivity contribution in [3.8, 4) is 5.75 Å². The minimum Gasteiger partial charge on any atom is -0.496 e. The summed E-state index contributed by atoms with van der Waals surface area (Å²) < 4.78 is 5.31. The van der Waals surface area contributed by atoms with Gasteiger partial charge in [-0.2, -0.15) is 0 Å². The average Bonchev–Trinajstić information content (AvgIpc) is 2.25. The van der Waals surface area contributed by atoms with Gasteiger partial charge in [-0.3, -0.25) is 0 Å². The van der Waals surface area contributed by atoms with Crippen molar-refractivity contribution >= 4 is 18.7 Å². The van der Waals surface area contributed by atoms with Crippen molar-refractivity contribution < 1.29 is 4.74 Å². The molecule has 0 N–H and O–H groups in total. The van der Waals surface area contributed by atoms with Crippen LogP contribution in [0.5, 0.6) is 5.75 Å². The van der Waals surface area contributed by atoms with Crippen LogP contribution in [0.3, 0.4) is 0 Å². The van der Waals surface area contributed by atoms with Gasteiger partial charge in [0.25, 0.3) is 0 Å². The van der Waals surface area contributed by atoms with E-state index in [0.717, 1.165) is 17.1 Å². The fraction of sp³-hybridized carbons (Fsp3) is 0.286. The second-order valence-corrected chi connectivity index (χ2v) is 4.49. The predicted molar refractivity (Wildman–Crippen MR) is 71.5 cm³/mol. The number of methoxy groups -OCH3 is 1. The van der Waals surface area contributed by atoms with E-state index in [-0.39, 0.29) is 0 Å². The van der Waals surface area contributed by atoms with Crippen LogP contribution in [-0.4, -0.2) is 7.11 Å². The van der Waals surface area contributed by atoms with E-state index in [9.17, 15) is 0 Å². The van der Waals surface area contributed by atoms with Crippen LogP contribution in [-0.2, 0) is 0 Å². The number of hydrogen-bond acceptors (Lipinski definition) is 2. The van der Waals surface area contributed by atoms with Crippen molar-refractivity contribution in [2.24, 2.45) is 0 Å². The molecule has 0 saturated heterocycles. The lowest BCUT2D eigenvalue weighted by atomic mass is 9.91. The average molecular weight is 232 g/mol. The first-order valence-electron chi connectivity index (χ1n) is 5.47. The van der Waals surface area contributed by atoms with Crippen LogP contribution in [0.2, 0.25) is 0 Å². The Morgan fingerprint density at radius 1 is 1.31 bits per heavy atom. The molecule has 0 heterocycles. The molecule has 1 unspecified atom stereocenters. The molecule has 1 nitrogen and oxygen atoms in total. The Bertz CT molecular complexity index is 446. The third-order valence-electron chi connectivity index (χ3n) is 2.94. The minimum absolute atomic E-state index is 0.471. The van der Waals surface area contributed by atoms with Crippen LogP contribution in [0.4, 0.5) is 0 Å². The van der Waals surface area contributed by atoms with Gasteiger partial charge >= 0.3 is 0 Å². The summed E-state index contributed by atoms with van der Waals surface area (Å²) in [6, 6.07) is 4.07. The molecule has 2 rings (SSSR count). The number of fused-ring (bicyclic) bond motifs is 1. The molecule has 0 aromatic heterocycles. The van der Waals surface area contributed by atoms with Gasteiger partial charge < -0.3 is 4.74 Å². The molecule has 1 aromatic carbocycles. The molecule has 0 spiro atoms. The Morgan fingerprint density at radius 3 is 2.88 bits per heavy atom. The van der Waals surface area contributed by atoms with Gasteiger partial charge in [-0.15, -0.1) is 12.6 Å². The quantitative estimate of drug-likeness (QED) is 0.718. The van der Waals surface area contributed by atoms with Crippen LogP contribution < -0.4 is 4.74 Å². The molecule has 1 aromatic rings. The lowest BCUT2D eigenvalue weighted by Crippen LogP contribution is -2.00. The van der Waals surface area contributed by atoms with Crippen molar-refractivity contribution in [3.63, 3.8) is 0 Å². The molecule has 1 aliphatic carbocycles. The summed E-state index contributed by atoms with van der Waals surface area (Å²) >= 11 is 4.59. The molecule has 1 aliphatic rings. The maximum Gasteiger partial charge on any atom is 0.132 e. The zero-order valence-electron chi connectivity index (χ0n) is 9.60. The van der Waals surface area contributed by atoms with Gasteiger partial charge in [0.2, 0.25) is 0 Å². The molecule has 0 saturated carbocycles. The van der Waals surface area contributed by atoms with E-state index in [2.05, 4.69) is 49.9 Å². The lowest BCUT2D eigenvalue weighted by Gasteiger charge is -2.19. The number of hydrogen-bond donors (Lipinski definition) is 1. The van der Waals surface area contributed by atoms with Crippen molar-refractivity contribution in [1.29, 1.82) is 0 Å². The molecule has 0 aliphatic heterocycles. The predicted octanol–water partition coefficient (Wildman–Crippen LogP) is 4.06. The Labute approximate surface area is 102 Å². The molecule has 0 radical (unpaired) electrons. The van der Waals surface area contributed by atoms with Gasteiger partial charge in [0.1, 0.15) is 5.75 Å². The first kappa shape index (κ1) is 11.3. The summed E-state index contributed by atoms with van der Waals surface area (Å²) in [5.41, 5.74) is 2.52. The number of thiol groups is 1. The highest BCUT2D eigenvalue weighted by Crippen LogP contribution is 2.36. The van der Waals surface area contributed by atoms with E-state index < -0.39 is 0 Å². The number of allylic oxidation sites excluding steroid dienone is 3. The van der Waals surface area contributed by atoms with Gasteiger partial charge in [0, 0.05) is 0 Å². The van der Waals surface area contributed by atoms with Gasteiger partial charge in [0.15, 0.2) is 0 Å². The molecule has 0 fully saturated rings. The Morgan fingerprint density at radius 2 is 2.12 bits per heavy atom. The molecule has 0 bridgehead atoms. The molecular weight excluding hydrogens is 216 g/mol. The molecule has 0 amide bonds. The number of ether oxygens (including phenoxy) is 1. The lowest BCUT2D eigenvalue weighted by molar-refractivity contribution is 0.403. The van der Waals surface area contributed by atoms with Crippen molar-refractivity contribution in [2.45, 2.75) is 24.2 Å². The highest BCUT2D eigenvalue weighted by Gasteiger charge is 2.15. The smallest absolute Gasteiger partial charge is 0.132 e. The van der Waals surface area contributed by atoms with Gasteiger partial charge in [0.05, 0.1) is 12.0 Å². The fourth-order valence-electron chi connectivity index (χ4n) is 2.07. The number of benzene rings is 1. The van der Waals surface area contributed by atoms with Crippen LogP contribution in [0.25, 0.3) is 6.08 Å². The normalized spacial score (nSPS) is 18.8. The summed E-state index contributed by atoms with van der Waals surface area (Å²) in [5, 5.41) is 0. The standard InChI is InChI=1S/C14H16OS/c1-10-6-4-3-5-7-11-8-9-12(15-2)14(16)13(10)11/h3-5,7-10,16H,6H2,1-2H3. The maximum atomic E-state index is 5.31. The van der Waals surface area contributed by atoms with Gasteiger partial charge in [-0.1, -0.05) is 37.3 Å². The van der Waals surface area contributed by atoms with E-state index >= 15 is 0 Å². The van der Waals surface area contributed by atoms with E-state index in [1.165, 1.54) is 11.1 Å². The third kappa shape index (κ3) is 2.03. The first-order chi connectivity index (χ1) is 7.74. The van der Waals surface area contributed by atoms with Crippen LogP contribution in [0.1, 0.15) is 30.4 Å². The van der Waals surface area contributed by atoms with Crippen molar-refractivity contribution in [1.82, 2.24) is 0 Å². The Kier molecular flexibility index (Phi) is 3.39. The zero-order valence-corrected chi connectivity index (χ0v) is 10.5. The summed E-state index contributed by atoms with van der Waals surface area (Å²) in [4.78, 5) is 0.965. The highest BCUT2D eigenvalue weighted by atomic mass is 32.1. The third-order valence-corrected chi connectivity index (χ3v) is 3.40. The zero-order chi connectivity index (χ0) is 11.5. The van der Waals surface area contributed by atoms with Gasteiger partial charge in [-0.05, 0) is 29.5 Å². The topological polar surface area (TPSA) is 9.23 Å². The van der Waals surface area contributed by atoms with Crippen LogP contribution in [0, 0.1) is 0 Å². The second-order valence-electron chi connectivity index (χ2n) is 4.04. The molecule has 84 valence electrons. The van der Waals surface area contributed by atoms with Crippen LogP contribution >= 0.6 is 12.6 Å². The Hall–Kier alpha value is -1.15. The Balaban J connectivity index is 2.59. The summed E-state index contributed by atoms with van der Waals surface area (Å²) in [6.45, 7) is 2.22. The van der Waals surface area contributed by atoms with E-state index in [1.807, 2.05) is 6.07 Å². The molecule has 1 atom stereocenters. The molecular formula is C14H16OS. The van der Waals surface area contributed by atoms with Gasteiger partial charge in [-0.25, -0.2) is 0 Å². The largest absolute Gasteiger partial charge is 0.496 e. The molecule has 2 heteroatoms. The first-order valence-corrected chi connectivity index (χ1v) is 5.92. The monoisotopic (exact) mass is 232 g/mol. The number of rotatable bonds is 1. The van der Waals surface area contributed by atoms with E-state index in [1.54, 1.807) is 7.11 Å². The van der Waals surface area contributed by atoms with E-state index in [0.29, 0.717) is 5.92 Å². The van der Waals surface area contributed by atoms with Crippen molar-refractivity contribution in [2.75, 3.05) is 7.11 Å². The minimum atomic E-state index is 0.471. The highest BCUT2D eigenvalue weighted by molar-refractivity contribution is 7.80. The van der Waals surface area contributed by atoms with E-state index in [4.69, 9.17) is 4.74 Å². The maximum absolute atomic E-state index is 5.31. The molecule has 16 heavy (non-hydrogen) atoms. The summed E-state index contributed by atoms with van der Waals surface area (Å²) in [6.07, 6.45) is 9.53. The van der Waals surface area contributed by atoms with Crippen LogP contribution in [0.15, 0.2) is 35.3 Å². The summed E-state index contributed by atoms with van der Waals surface area (Å²) in [7, 11) is 1.69. The summed E-state index contributed by atoms with van der Waals surface area (Å²) in [5.74, 6) is 1.32. The second kappa shape index (κ2) is 4.79. The fourth-order valence-corrected chi connectivity index (χ4v) is 2.59. The SMILES string of the molecule is COc1ccc2c(c1S)C(C)CC=CC=C2. The van der Waals surface area contributed by atoms with Crippen molar-refractivity contribution in [3.05, 3.63) is 41.5 Å².